The molecule has 0 radical (unpaired) electrons. The van der Waals surface area contributed by atoms with E-state index in [-0.39, 0.29) is 25.5 Å². The van der Waals surface area contributed by atoms with Gasteiger partial charge in [-0.15, -0.1) is 0 Å². The fourth-order valence-corrected chi connectivity index (χ4v) is 5.92. The molecule has 0 aliphatic carbocycles. The number of phosphoric acid groups is 1. The van der Waals surface area contributed by atoms with E-state index in [0.29, 0.717) is 17.4 Å². The van der Waals surface area contributed by atoms with Crippen LogP contribution < -0.4 is 5.32 Å². The summed E-state index contributed by atoms with van der Waals surface area (Å²) in [5.74, 6) is -0.271. The number of quaternary nitrogens is 1. The van der Waals surface area contributed by atoms with Gasteiger partial charge >= 0.3 is 7.82 Å². The molecule has 0 saturated heterocycles. The van der Waals surface area contributed by atoms with Gasteiger partial charge in [-0.3, -0.25) is 13.8 Å². The first-order chi connectivity index (χ1) is 25.0. The molecule has 0 aliphatic rings. The molecule has 52 heavy (non-hydrogen) atoms. The van der Waals surface area contributed by atoms with Gasteiger partial charge in [0.15, 0.2) is 0 Å². The third-order valence-electron chi connectivity index (χ3n) is 8.42. The fourth-order valence-electron chi connectivity index (χ4n) is 5.18. The van der Waals surface area contributed by atoms with Gasteiger partial charge in [-0.1, -0.05) is 151 Å². The van der Waals surface area contributed by atoms with Crippen LogP contribution in [0, 0.1) is 0 Å². The van der Waals surface area contributed by atoms with Crippen molar-refractivity contribution >= 4 is 13.7 Å². The number of hydrogen-bond acceptors (Lipinski definition) is 5. The Morgan fingerprint density at radius 2 is 1.17 bits per heavy atom. The number of amides is 1. The highest BCUT2D eigenvalue weighted by atomic mass is 31.2. The van der Waals surface area contributed by atoms with Crippen LogP contribution >= 0.6 is 7.82 Å². The number of unbranched alkanes of at least 4 members (excludes halogenated alkanes) is 12. The van der Waals surface area contributed by atoms with Crippen LogP contribution in [0.3, 0.4) is 0 Å². The predicted molar refractivity (Wildman–Crippen MR) is 221 cm³/mol. The summed E-state index contributed by atoms with van der Waals surface area (Å²) in [7, 11) is 1.50. The summed E-state index contributed by atoms with van der Waals surface area (Å²) in [6.07, 6.45) is 45.6. The number of carbonyl (C=O) groups excluding carboxylic acids is 1. The van der Waals surface area contributed by atoms with E-state index in [0.717, 1.165) is 44.9 Å². The molecule has 3 N–H and O–H groups in total. The number of carbonyl (C=O) groups is 1. The van der Waals surface area contributed by atoms with Gasteiger partial charge in [0, 0.05) is 6.42 Å². The molecule has 0 aromatic carbocycles. The van der Waals surface area contributed by atoms with Gasteiger partial charge < -0.3 is 19.8 Å². The van der Waals surface area contributed by atoms with Crippen LogP contribution in [0.15, 0.2) is 72.9 Å². The number of hydrogen-bond donors (Lipinski definition) is 3. The summed E-state index contributed by atoms with van der Waals surface area (Å²) in [5.41, 5.74) is 0. The molecule has 0 spiro atoms. The average molecular weight is 750 g/mol. The summed E-state index contributed by atoms with van der Waals surface area (Å²) in [4.78, 5) is 23.0. The third kappa shape index (κ3) is 36.3. The lowest BCUT2D eigenvalue weighted by atomic mass is 10.1. The smallest absolute Gasteiger partial charge is 0.387 e. The molecule has 0 heterocycles. The first kappa shape index (κ1) is 49.9. The molecule has 0 aromatic heterocycles. The monoisotopic (exact) mass is 750 g/mol. The number of nitrogens with zero attached hydrogens (tertiary/aromatic N) is 1. The Morgan fingerprint density at radius 3 is 1.75 bits per heavy atom. The SMILES string of the molecule is CC/C=C\C/C=C\C/C=C\C/C=C\CCC(=O)NC(COP(=O)(O)OCC[N+](C)(C)C)C(O)/C=C/CC/C=C/CCCCCCCCCCCCC. The van der Waals surface area contributed by atoms with Crippen molar-refractivity contribution in [3.05, 3.63) is 72.9 Å². The molecule has 0 bridgehead atoms. The zero-order valence-corrected chi connectivity index (χ0v) is 34.7. The first-order valence-corrected chi connectivity index (χ1v) is 21.8. The van der Waals surface area contributed by atoms with Gasteiger partial charge in [-0.05, 0) is 57.8 Å². The molecule has 0 rings (SSSR count). The lowest BCUT2D eigenvalue weighted by Gasteiger charge is -2.25. The minimum atomic E-state index is -4.36. The van der Waals surface area contributed by atoms with Crippen LogP contribution in [0.5, 0.6) is 0 Å². The Bertz CT molecular complexity index is 1080. The summed E-state index contributed by atoms with van der Waals surface area (Å²) in [6, 6.07) is -0.903. The van der Waals surface area contributed by atoms with Crippen molar-refractivity contribution < 1.29 is 32.9 Å². The lowest BCUT2D eigenvalue weighted by Crippen LogP contribution is -2.45. The molecule has 0 aromatic rings. The molecule has 0 fully saturated rings. The van der Waals surface area contributed by atoms with Gasteiger partial charge in [0.25, 0.3) is 0 Å². The fraction of sp³-hybridized carbons (Fsp3) is 0.698. The van der Waals surface area contributed by atoms with Crippen LogP contribution in [-0.2, 0) is 18.4 Å². The molecule has 1 amide bonds. The van der Waals surface area contributed by atoms with E-state index < -0.39 is 20.0 Å². The van der Waals surface area contributed by atoms with Gasteiger partial charge in [-0.25, -0.2) is 4.57 Å². The van der Waals surface area contributed by atoms with E-state index in [2.05, 4.69) is 67.8 Å². The zero-order valence-electron chi connectivity index (χ0n) is 33.8. The predicted octanol–water partition coefficient (Wildman–Crippen LogP) is 10.9. The second kappa shape index (κ2) is 34.7. The van der Waals surface area contributed by atoms with Crippen molar-refractivity contribution in [3.8, 4) is 0 Å². The van der Waals surface area contributed by atoms with Crippen molar-refractivity contribution in [2.75, 3.05) is 40.9 Å². The highest BCUT2D eigenvalue weighted by Gasteiger charge is 2.27. The number of allylic oxidation sites excluding steroid dienone is 11. The van der Waals surface area contributed by atoms with Crippen molar-refractivity contribution in [2.24, 2.45) is 0 Å². The van der Waals surface area contributed by atoms with E-state index in [1.54, 1.807) is 6.08 Å². The van der Waals surface area contributed by atoms with Crippen LogP contribution in [0.1, 0.15) is 142 Å². The van der Waals surface area contributed by atoms with Crippen LogP contribution in [0.4, 0.5) is 0 Å². The highest BCUT2D eigenvalue weighted by molar-refractivity contribution is 7.47. The van der Waals surface area contributed by atoms with Crippen molar-refractivity contribution in [1.29, 1.82) is 0 Å². The van der Waals surface area contributed by atoms with Gasteiger partial charge in [0.1, 0.15) is 13.2 Å². The molecule has 3 unspecified atom stereocenters. The summed E-state index contributed by atoms with van der Waals surface area (Å²) >= 11 is 0. The molecule has 9 heteroatoms. The van der Waals surface area contributed by atoms with E-state index in [4.69, 9.17) is 9.05 Å². The largest absolute Gasteiger partial charge is 0.472 e. The Kier molecular flexibility index (Phi) is 33.3. The number of nitrogens with one attached hydrogen (secondary N) is 1. The van der Waals surface area contributed by atoms with Crippen LogP contribution in [0.2, 0.25) is 0 Å². The van der Waals surface area contributed by atoms with Gasteiger partial charge in [0.05, 0.1) is 39.9 Å². The Morgan fingerprint density at radius 1 is 0.673 bits per heavy atom. The molecular formula is C43H78N2O6P+. The van der Waals surface area contributed by atoms with E-state index in [1.165, 1.54) is 70.6 Å². The van der Waals surface area contributed by atoms with E-state index in [9.17, 15) is 19.4 Å². The molecule has 0 aliphatic heterocycles. The second-order valence-corrected chi connectivity index (χ2v) is 16.1. The minimum absolute atomic E-state index is 0.0401. The summed E-state index contributed by atoms with van der Waals surface area (Å²) in [5, 5.41) is 13.7. The number of likely N-dealkylation sites (N-methyl/N-ethyl adjacent to an activating group) is 1. The number of rotatable bonds is 35. The maximum atomic E-state index is 12.8. The Hall–Kier alpha value is -2.06. The Balaban J connectivity index is 4.66. The molecule has 3 atom stereocenters. The number of aliphatic hydroxyl groups excluding tert-OH is 1. The van der Waals surface area contributed by atoms with E-state index in [1.807, 2.05) is 39.4 Å². The Labute approximate surface area is 319 Å². The normalized spacial score (nSPS) is 15.3. The second-order valence-electron chi connectivity index (χ2n) is 14.6. The number of aliphatic hydroxyl groups is 1. The minimum Gasteiger partial charge on any atom is -0.387 e. The zero-order chi connectivity index (χ0) is 38.6. The standard InChI is InChI=1S/C43H77N2O6P/c1-6-8-10-12-14-16-18-20-21-22-23-25-26-28-30-32-34-36-42(46)41(40-51-52(48,49)50-39-38-45(3,4)5)44-43(47)37-35-33-31-29-27-24-19-17-15-13-11-9-7-2/h9,11,15,17,24,26-28,31,33-34,36,41-42,46H,6-8,10,12-14,16,18-23,25,29-30,32,35,37-40H2,1-5H3,(H-,44,47,48,49)/p+1/b11-9-,17-15-,27-24-,28-26+,33-31-,36-34+. The van der Waals surface area contributed by atoms with Crippen LogP contribution in [-0.4, -0.2) is 73.4 Å². The topological polar surface area (TPSA) is 105 Å². The van der Waals surface area contributed by atoms with Gasteiger partial charge in [0.2, 0.25) is 5.91 Å². The lowest BCUT2D eigenvalue weighted by molar-refractivity contribution is -0.870. The van der Waals surface area contributed by atoms with Crippen LogP contribution in [0.25, 0.3) is 0 Å². The maximum absolute atomic E-state index is 12.8. The van der Waals surface area contributed by atoms with Crippen molar-refractivity contribution in [1.82, 2.24) is 5.32 Å². The maximum Gasteiger partial charge on any atom is 0.472 e. The van der Waals surface area contributed by atoms with Crippen molar-refractivity contribution in [2.45, 2.75) is 154 Å². The van der Waals surface area contributed by atoms with Crippen molar-refractivity contribution in [3.63, 3.8) is 0 Å². The molecule has 300 valence electrons. The van der Waals surface area contributed by atoms with Gasteiger partial charge in [-0.2, -0.15) is 0 Å². The van der Waals surface area contributed by atoms with E-state index >= 15 is 0 Å². The molecular weight excluding hydrogens is 671 g/mol. The quantitative estimate of drug-likeness (QED) is 0.0258. The number of phosphoric ester groups is 1. The molecule has 8 nitrogen and oxygen atoms in total. The third-order valence-corrected chi connectivity index (χ3v) is 9.41. The summed E-state index contributed by atoms with van der Waals surface area (Å²) in [6.45, 7) is 4.59. The average Bonchev–Trinajstić information content (AvgIpc) is 3.09. The molecule has 0 saturated carbocycles. The summed E-state index contributed by atoms with van der Waals surface area (Å²) < 4.78 is 23.4. The first-order valence-electron chi connectivity index (χ1n) is 20.3. The highest BCUT2D eigenvalue weighted by Crippen LogP contribution is 2.43.